The summed E-state index contributed by atoms with van der Waals surface area (Å²) in [4.78, 5) is 11.9. The van der Waals surface area contributed by atoms with Crippen LogP contribution in [0.15, 0.2) is 35.0 Å². The smallest absolute Gasteiger partial charge is 0.251 e. The standard InChI is InChI=1S/C15H13FN2O3/c16-14-9-12(5-4-11(14)3-1-2-8-19)15(20)17-10-13-6-7-18-21-13/h4-7,9,19H,2,8,10H2,(H,17,20). The van der Waals surface area contributed by atoms with Crippen molar-refractivity contribution in [3.05, 3.63) is 53.2 Å². The number of nitrogens with one attached hydrogen (secondary N) is 1. The minimum atomic E-state index is -0.576. The van der Waals surface area contributed by atoms with E-state index in [1.165, 1.54) is 18.3 Å². The molecule has 0 aliphatic heterocycles. The zero-order valence-corrected chi connectivity index (χ0v) is 11.1. The summed E-state index contributed by atoms with van der Waals surface area (Å²) in [6, 6.07) is 5.67. The Morgan fingerprint density at radius 2 is 2.29 bits per heavy atom. The number of halogens is 1. The van der Waals surface area contributed by atoms with Gasteiger partial charge in [-0.3, -0.25) is 4.79 Å². The third-order valence-electron chi connectivity index (χ3n) is 2.61. The molecular weight excluding hydrogens is 275 g/mol. The lowest BCUT2D eigenvalue weighted by Gasteiger charge is -2.04. The molecule has 5 nitrogen and oxygen atoms in total. The molecular formula is C15H13FN2O3. The van der Waals surface area contributed by atoms with Crippen LogP contribution in [0.3, 0.4) is 0 Å². The summed E-state index contributed by atoms with van der Waals surface area (Å²) < 4.78 is 18.6. The fourth-order valence-electron chi connectivity index (χ4n) is 1.57. The maximum absolute atomic E-state index is 13.8. The molecule has 2 aromatic rings. The maximum atomic E-state index is 13.8. The molecule has 0 bridgehead atoms. The van der Waals surface area contributed by atoms with Gasteiger partial charge in [-0.15, -0.1) is 0 Å². The molecule has 0 atom stereocenters. The largest absolute Gasteiger partial charge is 0.395 e. The molecule has 1 aromatic carbocycles. The second-order valence-corrected chi connectivity index (χ2v) is 4.13. The van der Waals surface area contributed by atoms with Gasteiger partial charge in [0, 0.05) is 18.1 Å². The quantitative estimate of drug-likeness (QED) is 0.836. The molecule has 108 valence electrons. The highest BCUT2D eigenvalue weighted by Gasteiger charge is 2.09. The minimum Gasteiger partial charge on any atom is -0.395 e. The van der Waals surface area contributed by atoms with Crippen LogP contribution < -0.4 is 5.32 Å². The first-order chi connectivity index (χ1) is 10.2. The molecule has 2 rings (SSSR count). The van der Waals surface area contributed by atoms with Crippen LogP contribution in [-0.2, 0) is 6.54 Å². The summed E-state index contributed by atoms with van der Waals surface area (Å²) in [6.45, 7) is 0.106. The van der Waals surface area contributed by atoms with Crippen LogP contribution in [0.1, 0.15) is 28.1 Å². The molecule has 21 heavy (non-hydrogen) atoms. The molecule has 0 aliphatic carbocycles. The van der Waals surface area contributed by atoms with Gasteiger partial charge in [0.15, 0.2) is 5.76 Å². The highest BCUT2D eigenvalue weighted by Crippen LogP contribution is 2.10. The monoisotopic (exact) mass is 288 g/mol. The fourth-order valence-corrected chi connectivity index (χ4v) is 1.57. The molecule has 0 radical (unpaired) electrons. The predicted octanol–water partition coefficient (Wildman–Crippen LogP) is 1.48. The first kappa shape index (κ1) is 14.8. The highest BCUT2D eigenvalue weighted by molar-refractivity contribution is 5.94. The molecule has 0 unspecified atom stereocenters. The Morgan fingerprint density at radius 3 is 2.95 bits per heavy atom. The maximum Gasteiger partial charge on any atom is 0.251 e. The Balaban J connectivity index is 2.02. The normalized spacial score (nSPS) is 9.81. The number of benzene rings is 1. The molecule has 2 N–H and O–H groups in total. The van der Waals surface area contributed by atoms with Crippen molar-refractivity contribution in [1.29, 1.82) is 0 Å². The Hall–Kier alpha value is -2.65. The van der Waals surface area contributed by atoms with E-state index in [4.69, 9.17) is 9.63 Å². The SMILES string of the molecule is O=C(NCc1ccno1)c1ccc(C#CCCO)c(F)c1. The van der Waals surface area contributed by atoms with Crippen molar-refractivity contribution in [3.63, 3.8) is 0 Å². The van der Waals surface area contributed by atoms with E-state index < -0.39 is 11.7 Å². The van der Waals surface area contributed by atoms with E-state index in [0.29, 0.717) is 5.76 Å². The number of aromatic nitrogens is 1. The van der Waals surface area contributed by atoms with Gasteiger partial charge in [0.2, 0.25) is 0 Å². The number of aliphatic hydroxyl groups is 1. The first-order valence-electron chi connectivity index (χ1n) is 6.27. The first-order valence-corrected chi connectivity index (χ1v) is 6.27. The van der Waals surface area contributed by atoms with E-state index in [-0.39, 0.29) is 30.7 Å². The van der Waals surface area contributed by atoms with Crippen LogP contribution in [0.5, 0.6) is 0 Å². The van der Waals surface area contributed by atoms with Crippen LogP contribution in [0, 0.1) is 17.7 Å². The number of rotatable bonds is 4. The number of carbonyl (C=O) groups excluding carboxylic acids is 1. The Kier molecular flexibility index (Phi) is 5.07. The topological polar surface area (TPSA) is 75.4 Å². The molecule has 0 saturated carbocycles. The average Bonchev–Trinajstić information content (AvgIpc) is 3.00. The lowest BCUT2D eigenvalue weighted by molar-refractivity contribution is 0.0946. The second-order valence-electron chi connectivity index (χ2n) is 4.13. The van der Waals surface area contributed by atoms with Gasteiger partial charge >= 0.3 is 0 Å². The van der Waals surface area contributed by atoms with E-state index in [1.807, 2.05) is 0 Å². The zero-order valence-electron chi connectivity index (χ0n) is 11.1. The minimum absolute atomic E-state index is 0.0727. The van der Waals surface area contributed by atoms with E-state index in [0.717, 1.165) is 6.07 Å². The van der Waals surface area contributed by atoms with Crippen LogP contribution in [0.4, 0.5) is 4.39 Å². The van der Waals surface area contributed by atoms with Crippen molar-refractivity contribution in [3.8, 4) is 11.8 Å². The third kappa shape index (κ3) is 4.16. The number of aliphatic hydroxyl groups excluding tert-OH is 1. The van der Waals surface area contributed by atoms with E-state index >= 15 is 0 Å². The van der Waals surface area contributed by atoms with E-state index in [9.17, 15) is 9.18 Å². The van der Waals surface area contributed by atoms with Crippen molar-refractivity contribution in [2.75, 3.05) is 6.61 Å². The number of amides is 1. The van der Waals surface area contributed by atoms with Gasteiger partial charge in [-0.25, -0.2) is 4.39 Å². The summed E-state index contributed by atoms with van der Waals surface area (Å²) in [7, 11) is 0. The van der Waals surface area contributed by atoms with Gasteiger partial charge in [0.1, 0.15) is 5.82 Å². The zero-order chi connectivity index (χ0) is 15.1. The van der Waals surface area contributed by atoms with Crippen LogP contribution in [0.2, 0.25) is 0 Å². The number of carbonyl (C=O) groups is 1. The number of nitrogens with zero attached hydrogens (tertiary/aromatic N) is 1. The Morgan fingerprint density at radius 1 is 1.43 bits per heavy atom. The van der Waals surface area contributed by atoms with Crippen LogP contribution in [-0.4, -0.2) is 22.8 Å². The summed E-state index contributed by atoms with van der Waals surface area (Å²) >= 11 is 0. The lowest BCUT2D eigenvalue weighted by atomic mass is 10.1. The molecule has 1 amide bonds. The third-order valence-corrected chi connectivity index (χ3v) is 2.61. The van der Waals surface area contributed by atoms with E-state index in [2.05, 4.69) is 22.3 Å². The summed E-state index contributed by atoms with van der Waals surface area (Å²) in [5, 5.41) is 14.7. The van der Waals surface area contributed by atoms with Crippen molar-refractivity contribution in [2.45, 2.75) is 13.0 Å². The second kappa shape index (κ2) is 7.22. The molecule has 0 aliphatic rings. The van der Waals surface area contributed by atoms with Crippen LogP contribution >= 0.6 is 0 Å². The molecule has 0 spiro atoms. The van der Waals surface area contributed by atoms with Gasteiger partial charge in [-0.1, -0.05) is 17.0 Å². The summed E-state index contributed by atoms with van der Waals surface area (Å²) in [5.74, 6) is 4.74. The van der Waals surface area contributed by atoms with Crippen molar-refractivity contribution in [2.24, 2.45) is 0 Å². The van der Waals surface area contributed by atoms with Gasteiger partial charge in [0.25, 0.3) is 5.91 Å². The van der Waals surface area contributed by atoms with Crippen molar-refractivity contribution >= 4 is 5.91 Å². The number of hydrogen-bond donors (Lipinski definition) is 2. The molecule has 1 aromatic heterocycles. The summed E-state index contributed by atoms with van der Waals surface area (Å²) in [6.07, 6.45) is 1.75. The molecule has 0 saturated heterocycles. The van der Waals surface area contributed by atoms with Crippen molar-refractivity contribution in [1.82, 2.24) is 10.5 Å². The molecule has 6 heteroatoms. The molecule has 0 fully saturated rings. The van der Waals surface area contributed by atoms with Crippen molar-refractivity contribution < 1.29 is 18.8 Å². The van der Waals surface area contributed by atoms with Gasteiger partial charge in [-0.05, 0) is 18.2 Å². The van der Waals surface area contributed by atoms with Gasteiger partial charge in [0.05, 0.1) is 24.9 Å². The predicted molar refractivity (Wildman–Crippen MR) is 72.7 cm³/mol. The van der Waals surface area contributed by atoms with Gasteiger partial charge in [-0.2, -0.15) is 0 Å². The Labute approximate surface area is 120 Å². The highest BCUT2D eigenvalue weighted by atomic mass is 19.1. The summed E-state index contributed by atoms with van der Waals surface area (Å²) in [5.41, 5.74) is 0.384. The van der Waals surface area contributed by atoms with E-state index in [1.54, 1.807) is 6.07 Å². The fraction of sp³-hybridized carbons (Fsp3) is 0.200. The number of hydrogen-bond acceptors (Lipinski definition) is 4. The van der Waals surface area contributed by atoms with Crippen LogP contribution in [0.25, 0.3) is 0 Å². The van der Waals surface area contributed by atoms with Gasteiger partial charge < -0.3 is 14.9 Å². The molecule has 1 heterocycles. The Bertz CT molecular complexity index is 672. The average molecular weight is 288 g/mol. The lowest BCUT2D eigenvalue weighted by Crippen LogP contribution is -2.22.